The minimum absolute atomic E-state index is 0.0473. The van der Waals surface area contributed by atoms with Gasteiger partial charge in [-0.05, 0) is 44.4 Å². The fourth-order valence-corrected chi connectivity index (χ4v) is 2.89. The first kappa shape index (κ1) is 17.0. The van der Waals surface area contributed by atoms with Crippen molar-refractivity contribution in [3.05, 3.63) is 29.3 Å². The lowest BCUT2D eigenvalue weighted by molar-refractivity contribution is -0.140. The van der Waals surface area contributed by atoms with Crippen LogP contribution in [-0.2, 0) is 16.0 Å². The van der Waals surface area contributed by atoms with Crippen molar-refractivity contribution in [3.63, 3.8) is 0 Å². The molecular weight excluding hydrogens is 298 g/mol. The van der Waals surface area contributed by atoms with E-state index in [9.17, 15) is 14.4 Å². The number of aliphatic carboxylic acids is 1. The summed E-state index contributed by atoms with van der Waals surface area (Å²) in [6.45, 7) is 1.46. The number of nitrogens with one attached hydrogen (secondary N) is 1. The second kappa shape index (κ2) is 6.81. The van der Waals surface area contributed by atoms with Gasteiger partial charge in [-0.3, -0.25) is 14.4 Å². The Hall–Kier alpha value is -2.37. The summed E-state index contributed by atoms with van der Waals surface area (Å²) in [6, 6.07) is 4.96. The highest BCUT2D eigenvalue weighted by molar-refractivity contribution is 5.94. The standard InChI is InChI=1S/C17H21NO5/c1-11(19)12-4-5-14(23-2)13(8-12)9-15(20)18-17(6-3-7-17)10-16(21)22/h4-5,8H,3,6-7,9-10H2,1-2H3,(H,18,20)(H,21,22). The van der Waals surface area contributed by atoms with E-state index in [4.69, 9.17) is 9.84 Å². The molecule has 1 aromatic carbocycles. The molecule has 1 fully saturated rings. The lowest BCUT2D eigenvalue weighted by Gasteiger charge is -2.41. The Morgan fingerprint density at radius 2 is 2.00 bits per heavy atom. The Kier molecular flexibility index (Phi) is 5.03. The van der Waals surface area contributed by atoms with Gasteiger partial charge in [0.25, 0.3) is 0 Å². The van der Waals surface area contributed by atoms with Crippen LogP contribution in [0, 0.1) is 0 Å². The molecule has 6 heteroatoms. The normalized spacial score (nSPS) is 15.4. The Morgan fingerprint density at radius 3 is 2.48 bits per heavy atom. The minimum atomic E-state index is -0.916. The van der Waals surface area contributed by atoms with Crippen LogP contribution in [0.4, 0.5) is 0 Å². The summed E-state index contributed by atoms with van der Waals surface area (Å²) in [7, 11) is 1.50. The number of Topliss-reactive ketones (excluding diaryl/α,β-unsaturated/α-hetero) is 1. The molecular formula is C17H21NO5. The predicted molar refractivity (Wildman–Crippen MR) is 83.7 cm³/mol. The van der Waals surface area contributed by atoms with Crippen molar-refractivity contribution < 1.29 is 24.2 Å². The highest BCUT2D eigenvalue weighted by Crippen LogP contribution is 2.35. The second-order valence-electron chi connectivity index (χ2n) is 6.01. The summed E-state index contributed by atoms with van der Waals surface area (Å²) in [4.78, 5) is 34.7. The van der Waals surface area contributed by atoms with Gasteiger partial charge in [0.15, 0.2) is 5.78 Å². The van der Waals surface area contributed by atoms with E-state index in [2.05, 4.69) is 5.32 Å². The van der Waals surface area contributed by atoms with Gasteiger partial charge in [-0.2, -0.15) is 0 Å². The number of benzene rings is 1. The van der Waals surface area contributed by atoms with E-state index in [0.717, 1.165) is 6.42 Å². The number of carboxylic acid groups (broad SMARTS) is 1. The summed E-state index contributed by atoms with van der Waals surface area (Å²) in [5.41, 5.74) is 0.494. The highest BCUT2D eigenvalue weighted by atomic mass is 16.5. The molecule has 124 valence electrons. The van der Waals surface area contributed by atoms with Crippen LogP contribution in [-0.4, -0.2) is 35.4 Å². The number of amides is 1. The maximum Gasteiger partial charge on any atom is 0.305 e. The third-order valence-corrected chi connectivity index (χ3v) is 4.24. The Morgan fingerprint density at radius 1 is 1.30 bits per heavy atom. The van der Waals surface area contributed by atoms with Crippen LogP contribution >= 0.6 is 0 Å². The number of rotatable bonds is 7. The average molecular weight is 319 g/mol. The fourth-order valence-electron chi connectivity index (χ4n) is 2.89. The van der Waals surface area contributed by atoms with E-state index < -0.39 is 11.5 Å². The second-order valence-corrected chi connectivity index (χ2v) is 6.01. The SMILES string of the molecule is COc1ccc(C(C)=O)cc1CC(=O)NC1(CC(=O)O)CCC1. The average Bonchev–Trinajstić information content (AvgIpc) is 2.44. The third kappa shape index (κ3) is 4.09. The van der Waals surface area contributed by atoms with Crippen LogP contribution in [0.1, 0.15) is 48.5 Å². The zero-order valence-corrected chi connectivity index (χ0v) is 13.3. The molecule has 1 amide bonds. The van der Waals surface area contributed by atoms with Crippen molar-refractivity contribution in [1.82, 2.24) is 5.32 Å². The summed E-state index contributed by atoms with van der Waals surface area (Å²) < 4.78 is 5.23. The highest BCUT2D eigenvalue weighted by Gasteiger charge is 2.40. The monoisotopic (exact) mass is 319 g/mol. The Balaban J connectivity index is 2.11. The van der Waals surface area contributed by atoms with E-state index in [-0.39, 0.29) is 24.5 Å². The molecule has 0 atom stereocenters. The van der Waals surface area contributed by atoms with E-state index in [0.29, 0.717) is 29.7 Å². The van der Waals surface area contributed by atoms with Gasteiger partial charge in [-0.1, -0.05) is 0 Å². The van der Waals surface area contributed by atoms with Gasteiger partial charge >= 0.3 is 5.97 Å². The molecule has 23 heavy (non-hydrogen) atoms. The van der Waals surface area contributed by atoms with E-state index in [1.54, 1.807) is 18.2 Å². The molecule has 0 aromatic heterocycles. The number of carboxylic acids is 1. The molecule has 1 aliphatic rings. The third-order valence-electron chi connectivity index (χ3n) is 4.24. The Bertz CT molecular complexity index is 634. The quantitative estimate of drug-likeness (QED) is 0.749. The largest absolute Gasteiger partial charge is 0.496 e. The van der Waals surface area contributed by atoms with Gasteiger partial charge in [0.05, 0.1) is 25.5 Å². The number of carbonyl (C=O) groups is 3. The summed E-state index contributed by atoms with van der Waals surface area (Å²) >= 11 is 0. The molecule has 2 rings (SSSR count). The zero-order chi connectivity index (χ0) is 17.0. The minimum Gasteiger partial charge on any atom is -0.496 e. The molecule has 0 radical (unpaired) electrons. The van der Waals surface area contributed by atoms with Gasteiger partial charge in [0.1, 0.15) is 5.75 Å². The van der Waals surface area contributed by atoms with Gasteiger partial charge in [0.2, 0.25) is 5.91 Å². The van der Waals surface area contributed by atoms with E-state index >= 15 is 0 Å². The molecule has 0 saturated heterocycles. The van der Waals surface area contributed by atoms with Crippen LogP contribution < -0.4 is 10.1 Å². The summed E-state index contributed by atoms with van der Waals surface area (Å²) in [5.74, 6) is -0.729. The van der Waals surface area contributed by atoms with Gasteiger partial charge in [-0.25, -0.2) is 0 Å². The van der Waals surface area contributed by atoms with Crippen LogP contribution in [0.15, 0.2) is 18.2 Å². The molecule has 0 spiro atoms. The molecule has 0 bridgehead atoms. The van der Waals surface area contributed by atoms with E-state index in [1.807, 2.05) is 0 Å². The van der Waals surface area contributed by atoms with Crippen molar-refractivity contribution in [2.75, 3.05) is 7.11 Å². The first-order valence-electron chi connectivity index (χ1n) is 7.56. The van der Waals surface area contributed by atoms with Crippen LogP contribution in [0.25, 0.3) is 0 Å². The van der Waals surface area contributed by atoms with Crippen molar-refractivity contribution in [3.8, 4) is 5.75 Å². The molecule has 0 heterocycles. The van der Waals surface area contributed by atoms with E-state index in [1.165, 1.54) is 14.0 Å². The maximum absolute atomic E-state index is 12.3. The molecule has 0 unspecified atom stereocenters. The topological polar surface area (TPSA) is 92.7 Å². The summed E-state index contributed by atoms with van der Waals surface area (Å²) in [5, 5.41) is 11.8. The first-order chi connectivity index (χ1) is 10.8. The van der Waals surface area contributed by atoms with Gasteiger partial charge < -0.3 is 15.2 Å². The Labute approximate surface area is 134 Å². The number of ether oxygens (including phenoxy) is 1. The fraction of sp³-hybridized carbons (Fsp3) is 0.471. The van der Waals surface area contributed by atoms with Crippen molar-refractivity contribution in [2.45, 2.75) is 44.6 Å². The van der Waals surface area contributed by atoms with Gasteiger partial charge in [0, 0.05) is 11.1 Å². The lowest BCUT2D eigenvalue weighted by atomic mass is 9.74. The smallest absolute Gasteiger partial charge is 0.305 e. The first-order valence-corrected chi connectivity index (χ1v) is 7.56. The molecule has 0 aliphatic heterocycles. The number of carbonyl (C=O) groups excluding carboxylic acids is 2. The van der Waals surface area contributed by atoms with Crippen LogP contribution in [0.3, 0.4) is 0 Å². The van der Waals surface area contributed by atoms with Gasteiger partial charge in [-0.15, -0.1) is 0 Å². The van der Waals surface area contributed by atoms with Crippen molar-refractivity contribution in [1.29, 1.82) is 0 Å². The number of hydrogen-bond acceptors (Lipinski definition) is 4. The van der Waals surface area contributed by atoms with Crippen LogP contribution in [0.2, 0.25) is 0 Å². The van der Waals surface area contributed by atoms with Crippen LogP contribution in [0.5, 0.6) is 5.75 Å². The zero-order valence-electron chi connectivity index (χ0n) is 13.3. The number of hydrogen-bond donors (Lipinski definition) is 2. The molecule has 1 aromatic rings. The van der Waals surface area contributed by atoms with Crippen molar-refractivity contribution >= 4 is 17.7 Å². The van der Waals surface area contributed by atoms with Crippen molar-refractivity contribution in [2.24, 2.45) is 0 Å². The molecule has 6 nitrogen and oxygen atoms in total. The number of methoxy groups -OCH3 is 1. The maximum atomic E-state index is 12.3. The predicted octanol–water partition coefficient (Wildman–Crippen LogP) is 1.95. The molecule has 1 aliphatic carbocycles. The molecule has 2 N–H and O–H groups in total. The molecule has 1 saturated carbocycles. The lowest BCUT2D eigenvalue weighted by Crippen LogP contribution is -2.55. The summed E-state index contributed by atoms with van der Waals surface area (Å²) in [6.07, 6.45) is 2.25. The number of ketones is 1.